The number of hydrogen-bond acceptors (Lipinski definition) is 3. The molecule has 5 nitrogen and oxygen atoms in total. The van der Waals surface area contributed by atoms with Gasteiger partial charge in [0.05, 0.1) is 19.9 Å². The minimum atomic E-state index is -0.479. The zero-order chi connectivity index (χ0) is 19.2. The number of nitrogens with zero attached hydrogens (tertiary/aromatic N) is 2. The number of rotatable bonds is 6. The van der Waals surface area contributed by atoms with E-state index >= 15 is 0 Å². The van der Waals surface area contributed by atoms with Crippen LogP contribution in [0.3, 0.4) is 0 Å². The molecule has 3 rings (SSSR count). The maximum Gasteiger partial charge on any atom is 0.249 e. The van der Waals surface area contributed by atoms with E-state index in [0.29, 0.717) is 17.9 Å². The summed E-state index contributed by atoms with van der Waals surface area (Å²) in [5.74, 6) is -0.0710. The molecule has 7 heteroatoms. The molecule has 0 bridgehead atoms. The van der Waals surface area contributed by atoms with Gasteiger partial charge in [0.15, 0.2) is 11.6 Å². The van der Waals surface area contributed by atoms with Crippen molar-refractivity contribution >= 4 is 33.7 Å². The van der Waals surface area contributed by atoms with E-state index in [1.807, 2.05) is 24.3 Å². The molecule has 1 aromatic heterocycles. The van der Waals surface area contributed by atoms with Gasteiger partial charge in [0.25, 0.3) is 0 Å². The first-order chi connectivity index (χ1) is 13.0. The van der Waals surface area contributed by atoms with Gasteiger partial charge in [-0.25, -0.2) is 9.07 Å². The van der Waals surface area contributed by atoms with Crippen LogP contribution in [0.1, 0.15) is 11.1 Å². The average molecular weight is 430 g/mol. The van der Waals surface area contributed by atoms with Crippen LogP contribution >= 0.6 is 15.9 Å². The highest BCUT2D eigenvalue weighted by Gasteiger charge is 2.07. The van der Waals surface area contributed by atoms with Crippen molar-refractivity contribution in [2.45, 2.75) is 6.54 Å². The van der Waals surface area contributed by atoms with Crippen molar-refractivity contribution in [1.29, 1.82) is 0 Å². The van der Waals surface area contributed by atoms with E-state index < -0.39 is 5.82 Å². The Kier molecular flexibility index (Phi) is 6.03. The molecule has 0 saturated heterocycles. The highest BCUT2D eigenvalue weighted by atomic mass is 79.9. The van der Waals surface area contributed by atoms with Crippen LogP contribution in [-0.4, -0.2) is 22.8 Å². The lowest BCUT2D eigenvalue weighted by atomic mass is 10.2. The number of halogens is 2. The molecule has 0 unspecified atom stereocenters. The van der Waals surface area contributed by atoms with Crippen LogP contribution in [0, 0.1) is 5.82 Å². The molecule has 2 aromatic carbocycles. The van der Waals surface area contributed by atoms with E-state index in [1.54, 1.807) is 23.0 Å². The molecule has 0 spiro atoms. The van der Waals surface area contributed by atoms with Gasteiger partial charge < -0.3 is 10.1 Å². The smallest absolute Gasteiger partial charge is 0.249 e. The van der Waals surface area contributed by atoms with E-state index in [9.17, 15) is 9.18 Å². The molecule has 138 valence electrons. The Morgan fingerprint density at radius 2 is 2.04 bits per heavy atom. The zero-order valence-electron chi connectivity index (χ0n) is 14.5. The molecule has 0 aliphatic rings. The van der Waals surface area contributed by atoms with Crippen molar-refractivity contribution in [3.63, 3.8) is 0 Å². The Balaban J connectivity index is 1.65. The number of benzene rings is 2. The average Bonchev–Trinajstić information content (AvgIpc) is 3.08. The molecular formula is C20H17BrFN3O2. The molecule has 0 aliphatic heterocycles. The minimum absolute atomic E-state index is 0.161. The number of methoxy groups -OCH3 is 1. The first kappa shape index (κ1) is 18.8. The number of amides is 1. The number of carbonyl (C=O) groups is 1. The topological polar surface area (TPSA) is 56.1 Å². The largest absolute Gasteiger partial charge is 0.494 e. The Labute approximate surface area is 164 Å². The Bertz CT molecular complexity index is 968. The Morgan fingerprint density at radius 3 is 2.74 bits per heavy atom. The van der Waals surface area contributed by atoms with Crippen LogP contribution in [0.4, 0.5) is 10.2 Å². The molecule has 0 saturated carbocycles. The Hall–Kier alpha value is -2.93. The quantitative estimate of drug-likeness (QED) is 0.587. The van der Waals surface area contributed by atoms with Gasteiger partial charge in [-0.1, -0.05) is 34.1 Å². The predicted molar refractivity (Wildman–Crippen MR) is 106 cm³/mol. The standard InChI is InChI=1S/C20H17BrFN3O2/c1-27-18-8-4-14(12-17(18)22)5-9-20(26)24-19-10-11-23-25(19)13-15-2-6-16(21)7-3-15/h2-12H,13H2,1H3,(H,24,26). The van der Waals surface area contributed by atoms with E-state index in [-0.39, 0.29) is 11.7 Å². The third kappa shape index (κ3) is 5.04. The second kappa shape index (κ2) is 8.64. The van der Waals surface area contributed by atoms with Crippen LogP contribution in [0.25, 0.3) is 6.08 Å². The second-order valence-corrected chi connectivity index (χ2v) is 6.63. The first-order valence-electron chi connectivity index (χ1n) is 8.14. The van der Waals surface area contributed by atoms with Gasteiger partial charge in [-0.05, 0) is 41.5 Å². The van der Waals surface area contributed by atoms with Gasteiger partial charge in [-0.3, -0.25) is 4.79 Å². The van der Waals surface area contributed by atoms with Gasteiger partial charge in [-0.2, -0.15) is 5.10 Å². The summed E-state index contributed by atoms with van der Waals surface area (Å²) in [4.78, 5) is 12.2. The SMILES string of the molecule is COc1ccc(C=CC(=O)Nc2ccnn2Cc2ccc(Br)cc2)cc1F. The summed E-state index contributed by atoms with van der Waals surface area (Å²) in [7, 11) is 1.40. The highest BCUT2D eigenvalue weighted by molar-refractivity contribution is 9.10. The van der Waals surface area contributed by atoms with E-state index in [1.165, 1.54) is 31.4 Å². The van der Waals surface area contributed by atoms with Crippen molar-refractivity contribution in [2.24, 2.45) is 0 Å². The van der Waals surface area contributed by atoms with Gasteiger partial charge in [-0.15, -0.1) is 0 Å². The summed E-state index contributed by atoms with van der Waals surface area (Å²) in [6.45, 7) is 0.531. The maximum atomic E-state index is 13.7. The molecule has 1 N–H and O–H groups in total. The third-order valence-corrected chi connectivity index (χ3v) is 4.35. The summed E-state index contributed by atoms with van der Waals surface area (Å²) in [6, 6.07) is 14.1. The lowest BCUT2D eigenvalue weighted by molar-refractivity contribution is -0.111. The van der Waals surface area contributed by atoms with Gasteiger partial charge >= 0.3 is 0 Å². The highest BCUT2D eigenvalue weighted by Crippen LogP contribution is 2.18. The van der Waals surface area contributed by atoms with Crippen LogP contribution in [0.2, 0.25) is 0 Å². The molecule has 3 aromatic rings. The second-order valence-electron chi connectivity index (χ2n) is 5.72. The summed E-state index contributed by atoms with van der Waals surface area (Å²) < 4.78 is 21.3. The number of hydrogen-bond donors (Lipinski definition) is 1. The number of nitrogens with one attached hydrogen (secondary N) is 1. The Morgan fingerprint density at radius 1 is 1.26 bits per heavy atom. The van der Waals surface area contributed by atoms with Gasteiger partial charge in [0, 0.05) is 16.6 Å². The summed E-state index contributed by atoms with van der Waals surface area (Å²) in [6.07, 6.45) is 4.50. The lowest BCUT2D eigenvalue weighted by Gasteiger charge is -2.08. The molecule has 0 atom stereocenters. The molecule has 0 radical (unpaired) electrons. The minimum Gasteiger partial charge on any atom is -0.494 e. The van der Waals surface area contributed by atoms with Crippen molar-refractivity contribution in [3.8, 4) is 5.75 Å². The zero-order valence-corrected chi connectivity index (χ0v) is 16.1. The van der Waals surface area contributed by atoms with Gasteiger partial charge in [0.2, 0.25) is 5.91 Å². The number of carbonyl (C=O) groups excluding carboxylic acids is 1. The monoisotopic (exact) mass is 429 g/mol. The van der Waals surface area contributed by atoms with E-state index in [2.05, 4.69) is 26.3 Å². The van der Waals surface area contributed by atoms with Crippen LogP contribution in [0.5, 0.6) is 5.75 Å². The fourth-order valence-corrected chi connectivity index (χ4v) is 2.72. The fraction of sp³-hybridized carbons (Fsp3) is 0.100. The third-order valence-electron chi connectivity index (χ3n) is 3.82. The molecular weight excluding hydrogens is 413 g/mol. The molecule has 1 amide bonds. The first-order valence-corrected chi connectivity index (χ1v) is 8.93. The lowest BCUT2D eigenvalue weighted by Crippen LogP contribution is -2.13. The van der Waals surface area contributed by atoms with E-state index in [0.717, 1.165) is 10.0 Å². The summed E-state index contributed by atoms with van der Waals surface area (Å²) in [5.41, 5.74) is 1.62. The predicted octanol–water partition coefficient (Wildman–Crippen LogP) is 4.49. The summed E-state index contributed by atoms with van der Waals surface area (Å²) >= 11 is 3.40. The van der Waals surface area contributed by atoms with Crippen molar-refractivity contribution in [1.82, 2.24) is 9.78 Å². The molecule has 0 fully saturated rings. The van der Waals surface area contributed by atoms with Crippen molar-refractivity contribution < 1.29 is 13.9 Å². The normalized spacial score (nSPS) is 10.9. The fourth-order valence-electron chi connectivity index (χ4n) is 2.45. The van der Waals surface area contributed by atoms with Crippen molar-refractivity contribution in [2.75, 3.05) is 12.4 Å². The van der Waals surface area contributed by atoms with Crippen LogP contribution < -0.4 is 10.1 Å². The van der Waals surface area contributed by atoms with Crippen LogP contribution in [0.15, 0.2) is 65.3 Å². The number of aromatic nitrogens is 2. The maximum absolute atomic E-state index is 13.7. The van der Waals surface area contributed by atoms with Crippen LogP contribution in [-0.2, 0) is 11.3 Å². The molecule has 1 heterocycles. The number of ether oxygens (including phenoxy) is 1. The molecule has 0 aliphatic carbocycles. The van der Waals surface area contributed by atoms with Gasteiger partial charge in [0.1, 0.15) is 5.82 Å². The molecule has 27 heavy (non-hydrogen) atoms. The van der Waals surface area contributed by atoms with Crippen molar-refractivity contribution in [3.05, 3.63) is 82.2 Å². The summed E-state index contributed by atoms with van der Waals surface area (Å²) in [5, 5.41) is 7.02. The van der Waals surface area contributed by atoms with E-state index in [4.69, 9.17) is 4.74 Å². The number of anilines is 1.